The van der Waals surface area contributed by atoms with Crippen LogP contribution in [0.5, 0.6) is 0 Å². The molecule has 1 fully saturated rings. The summed E-state index contributed by atoms with van der Waals surface area (Å²) in [6.45, 7) is 4.08. The summed E-state index contributed by atoms with van der Waals surface area (Å²) in [6, 6.07) is 5.60. The largest absolute Gasteiger partial charge is 0.353 e. The van der Waals surface area contributed by atoms with Crippen LogP contribution in [-0.2, 0) is 10.2 Å². The van der Waals surface area contributed by atoms with E-state index in [4.69, 9.17) is 23.2 Å². The van der Waals surface area contributed by atoms with Crippen LogP contribution in [0.3, 0.4) is 0 Å². The van der Waals surface area contributed by atoms with Crippen LogP contribution in [0.1, 0.15) is 45.1 Å². The van der Waals surface area contributed by atoms with Gasteiger partial charge in [0.1, 0.15) is 0 Å². The number of carbonyl (C=O) groups is 1. The van der Waals surface area contributed by atoms with Gasteiger partial charge in [0.05, 0.1) is 5.41 Å². The van der Waals surface area contributed by atoms with E-state index in [0.717, 1.165) is 31.2 Å². The highest BCUT2D eigenvalue weighted by Crippen LogP contribution is 2.47. The fourth-order valence-electron chi connectivity index (χ4n) is 2.49. The van der Waals surface area contributed by atoms with Crippen molar-refractivity contribution in [1.29, 1.82) is 0 Å². The van der Waals surface area contributed by atoms with Gasteiger partial charge < -0.3 is 5.32 Å². The summed E-state index contributed by atoms with van der Waals surface area (Å²) in [4.78, 5) is 12.6. The SMILES string of the molecule is CCC(C)NC(=O)C1(c2ccc(Cl)cc2Cl)CCC1. The van der Waals surface area contributed by atoms with Crippen molar-refractivity contribution in [2.45, 2.75) is 51.0 Å². The first-order valence-electron chi connectivity index (χ1n) is 6.76. The average molecular weight is 300 g/mol. The lowest BCUT2D eigenvalue weighted by atomic mass is 9.63. The second-order valence-corrected chi connectivity index (χ2v) is 6.19. The van der Waals surface area contributed by atoms with Gasteiger partial charge in [0, 0.05) is 16.1 Å². The van der Waals surface area contributed by atoms with Crippen molar-refractivity contribution in [3.8, 4) is 0 Å². The van der Waals surface area contributed by atoms with Crippen molar-refractivity contribution in [2.75, 3.05) is 0 Å². The molecule has 1 aromatic carbocycles. The molecule has 0 spiro atoms. The number of halogens is 2. The first-order valence-corrected chi connectivity index (χ1v) is 7.51. The molecule has 1 aliphatic carbocycles. The highest BCUT2D eigenvalue weighted by molar-refractivity contribution is 6.35. The van der Waals surface area contributed by atoms with E-state index < -0.39 is 5.41 Å². The number of hydrogen-bond donors (Lipinski definition) is 1. The van der Waals surface area contributed by atoms with Gasteiger partial charge in [-0.05, 0) is 43.9 Å². The maximum absolute atomic E-state index is 12.6. The van der Waals surface area contributed by atoms with Gasteiger partial charge in [-0.25, -0.2) is 0 Å². The standard InChI is InChI=1S/C15H19Cl2NO/c1-3-10(2)18-14(19)15(7-4-8-15)12-6-5-11(16)9-13(12)17/h5-6,9-10H,3-4,7-8H2,1-2H3,(H,18,19). The number of rotatable bonds is 4. The van der Waals surface area contributed by atoms with Gasteiger partial charge in [-0.2, -0.15) is 0 Å². The molecule has 1 atom stereocenters. The van der Waals surface area contributed by atoms with Crippen LogP contribution in [0, 0.1) is 0 Å². The summed E-state index contributed by atoms with van der Waals surface area (Å²) >= 11 is 12.2. The molecule has 2 rings (SSSR count). The normalized spacial score (nSPS) is 18.5. The summed E-state index contributed by atoms with van der Waals surface area (Å²) in [5, 5.41) is 4.27. The van der Waals surface area contributed by atoms with Gasteiger partial charge in [0.15, 0.2) is 0 Å². The molecular formula is C15H19Cl2NO. The van der Waals surface area contributed by atoms with E-state index >= 15 is 0 Å². The van der Waals surface area contributed by atoms with Gasteiger partial charge in [0.25, 0.3) is 0 Å². The van der Waals surface area contributed by atoms with Crippen LogP contribution < -0.4 is 5.32 Å². The van der Waals surface area contributed by atoms with Crippen LogP contribution >= 0.6 is 23.2 Å². The first-order chi connectivity index (χ1) is 8.99. The zero-order chi connectivity index (χ0) is 14.0. The molecule has 1 amide bonds. The minimum absolute atomic E-state index is 0.0947. The van der Waals surface area contributed by atoms with Crippen molar-refractivity contribution >= 4 is 29.1 Å². The van der Waals surface area contributed by atoms with Crippen molar-refractivity contribution in [3.63, 3.8) is 0 Å². The van der Waals surface area contributed by atoms with Crippen molar-refractivity contribution < 1.29 is 4.79 Å². The second kappa shape index (κ2) is 5.72. The molecule has 0 heterocycles. The van der Waals surface area contributed by atoms with Crippen molar-refractivity contribution in [2.24, 2.45) is 0 Å². The molecule has 4 heteroatoms. The van der Waals surface area contributed by atoms with Crippen LogP contribution in [0.2, 0.25) is 10.0 Å². The second-order valence-electron chi connectivity index (χ2n) is 5.34. The number of carbonyl (C=O) groups excluding carboxylic acids is 1. The smallest absolute Gasteiger partial charge is 0.230 e. The summed E-state index contributed by atoms with van der Waals surface area (Å²) in [6.07, 6.45) is 3.70. The molecule has 2 nitrogen and oxygen atoms in total. The van der Waals surface area contributed by atoms with Crippen LogP contribution in [0.25, 0.3) is 0 Å². The quantitative estimate of drug-likeness (QED) is 0.881. The number of amides is 1. The molecule has 1 unspecified atom stereocenters. The predicted octanol–water partition coefficient (Wildman–Crippen LogP) is 4.33. The van der Waals surface area contributed by atoms with E-state index in [1.165, 1.54) is 0 Å². The Morgan fingerprint density at radius 1 is 1.42 bits per heavy atom. The third-order valence-electron chi connectivity index (χ3n) is 4.08. The summed E-state index contributed by atoms with van der Waals surface area (Å²) in [7, 11) is 0. The minimum atomic E-state index is -0.453. The lowest BCUT2D eigenvalue weighted by Gasteiger charge is -2.41. The van der Waals surface area contributed by atoms with E-state index in [1.54, 1.807) is 12.1 Å². The molecule has 19 heavy (non-hydrogen) atoms. The molecule has 104 valence electrons. The number of hydrogen-bond acceptors (Lipinski definition) is 1. The minimum Gasteiger partial charge on any atom is -0.353 e. The summed E-state index contributed by atoms with van der Waals surface area (Å²) < 4.78 is 0. The molecular weight excluding hydrogens is 281 g/mol. The Bertz CT molecular complexity index is 483. The Hall–Kier alpha value is -0.730. The zero-order valence-electron chi connectivity index (χ0n) is 11.3. The lowest BCUT2D eigenvalue weighted by Crippen LogP contribution is -2.51. The van der Waals surface area contributed by atoms with E-state index in [0.29, 0.717) is 10.0 Å². The summed E-state index contributed by atoms with van der Waals surface area (Å²) in [5.74, 6) is 0.0947. The fraction of sp³-hybridized carbons (Fsp3) is 0.533. The molecule has 0 radical (unpaired) electrons. The maximum atomic E-state index is 12.6. The molecule has 1 aromatic rings. The van der Waals surface area contributed by atoms with E-state index in [2.05, 4.69) is 12.2 Å². The number of nitrogens with one attached hydrogen (secondary N) is 1. The zero-order valence-corrected chi connectivity index (χ0v) is 12.8. The monoisotopic (exact) mass is 299 g/mol. The predicted molar refractivity (Wildman–Crippen MR) is 79.9 cm³/mol. The molecule has 1 saturated carbocycles. The molecule has 0 aromatic heterocycles. The Balaban J connectivity index is 2.29. The van der Waals surface area contributed by atoms with Gasteiger partial charge in [-0.3, -0.25) is 4.79 Å². The summed E-state index contributed by atoms with van der Waals surface area (Å²) in [5.41, 5.74) is 0.455. The Labute approximate surface area is 124 Å². The van der Waals surface area contributed by atoms with E-state index in [9.17, 15) is 4.79 Å². The molecule has 1 aliphatic rings. The Morgan fingerprint density at radius 2 is 2.11 bits per heavy atom. The van der Waals surface area contributed by atoms with Gasteiger partial charge in [-0.15, -0.1) is 0 Å². The Morgan fingerprint density at radius 3 is 2.58 bits per heavy atom. The molecule has 0 bridgehead atoms. The highest BCUT2D eigenvalue weighted by atomic mass is 35.5. The van der Waals surface area contributed by atoms with Gasteiger partial charge >= 0.3 is 0 Å². The first kappa shape index (κ1) is 14.7. The average Bonchev–Trinajstić information content (AvgIpc) is 2.30. The maximum Gasteiger partial charge on any atom is 0.230 e. The van der Waals surface area contributed by atoms with Crippen molar-refractivity contribution in [3.05, 3.63) is 33.8 Å². The van der Waals surface area contributed by atoms with Crippen LogP contribution in [0.15, 0.2) is 18.2 Å². The van der Waals surface area contributed by atoms with Crippen LogP contribution in [-0.4, -0.2) is 11.9 Å². The van der Waals surface area contributed by atoms with E-state index in [1.807, 2.05) is 13.0 Å². The number of benzene rings is 1. The molecule has 0 aliphatic heterocycles. The van der Waals surface area contributed by atoms with Gasteiger partial charge in [-0.1, -0.05) is 42.6 Å². The molecule has 0 saturated heterocycles. The van der Waals surface area contributed by atoms with Crippen molar-refractivity contribution in [1.82, 2.24) is 5.32 Å². The lowest BCUT2D eigenvalue weighted by molar-refractivity contribution is -0.130. The third kappa shape index (κ3) is 2.75. The van der Waals surface area contributed by atoms with E-state index in [-0.39, 0.29) is 11.9 Å². The van der Waals surface area contributed by atoms with Crippen LogP contribution in [0.4, 0.5) is 0 Å². The molecule has 1 N–H and O–H groups in total. The van der Waals surface area contributed by atoms with Gasteiger partial charge in [0.2, 0.25) is 5.91 Å². The fourth-order valence-corrected chi connectivity index (χ4v) is 3.08. The Kier molecular flexibility index (Phi) is 4.42. The highest BCUT2D eigenvalue weighted by Gasteiger charge is 2.46. The third-order valence-corrected chi connectivity index (χ3v) is 4.63. The topological polar surface area (TPSA) is 29.1 Å².